The fourth-order valence-electron chi connectivity index (χ4n) is 1.61. The molecule has 1 rings (SSSR count). The molecule has 0 bridgehead atoms. The predicted molar refractivity (Wildman–Crippen MR) is 39.9 cm³/mol. The van der Waals surface area contributed by atoms with E-state index in [9.17, 15) is 18.0 Å². The lowest BCUT2D eigenvalue weighted by atomic mass is 10.1. The van der Waals surface area contributed by atoms with E-state index in [1.165, 1.54) is 0 Å². The van der Waals surface area contributed by atoms with Crippen molar-refractivity contribution in [1.29, 1.82) is 0 Å². The van der Waals surface area contributed by atoms with Gasteiger partial charge in [0.25, 0.3) is 0 Å². The van der Waals surface area contributed by atoms with Gasteiger partial charge in [-0.05, 0) is 19.3 Å². The highest BCUT2D eigenvalue weighted by atomic mass is 19.4. The van der Waals surface area contributed by atoms with Crippen molar-refractivity contribution in [3.05, 3.63) is 0 Å². The smallest absolute Gasteiger partial charge is 0.352 e. The Labute approximate surface area is 73.5 Å². The van der Waals surface area contributed by atoms with Gasteiger partial charge in [0, 0.05) is 6.04 Å². The molecular formula is C7H11F3N2O. The quantitative estimate of drug-likeness (QED) is 0.654. The van der Waals surface area contributed by atoms with Crippen LogP contribution in [0.15, 0.2) is 0 Å². The number of alkyl halides is 3. The summed E-state index contributed by atoms with van der Waals surface area (Å²) in [5.74, 6) is -1.29. The number of halogens is 3. The van der Waals surface area contributed by atoms with Crippen LogP contribution in [0.1, 0.15) is 19.3 Å². The minimum atomic E-state index is -4.14. The Hall–Kier alpha value is -0.940. The predicted octanol–water partition coefficient (Wildman–Crippen LogP) is 1.39. The molecule has 0 aromatic heterocycles. The van der Waals surface area contributed by atoms with Crippen LogP contribution in [-0.2, 0) is 0 Å². The maximum Gasteiger partial charge on any atom is 0.391 e. The summed E-state index contributed by atoms with van der Waals surface area (Å²) in [4.78, 5) is 10.3. The summed E-state index contributed by atoms with van der Waals surface area (Å²) in [5.41, 5.74) is 4.80. The molecule has 6 heteroatoms. The van der Waals surface area contributed by atoms with Gasteiger partial charge >= 0.3 is 12.2 Å². The van der Waals surface area contributed by atoms with Crippen LogP contribution in [0, 0.1) is 5.92 Å². The van der Waals surface area contributed by atoms with E-state index < -0.39 is 24.2 Å². The molecule has 0 unspecified atom stereocenters. The second-order valence-electron chi connectivity index (χ2n) is 3.26. The molecule has 1 fully saturated rings. The molecule has 0 radical (unpaired) electrons. The Balaban J connectivity index is 2.41. The highest BCUT2D eigenvalue weighted by Crippen LogP contribution is 2.38. The van der Waals surface area contributed by atoms with Gasteiger partial charge in [-0.1, -0.05) is 0 Å². The van der Waals surface area contributed by atoms with Crippen molar-refractivity contribution in [2.75, 3.05) is 0 Å². The second-order valence-corrected chi connectivity index (χ2v) is 3.26. The third kappa shape index (κ3) is 2.78. The van der Waals surface area contributed by atoms with Crippen molar-refractivity contribution in [3.8, 4) is 0 Å². The van der Waals surface area contributed by atoms with Crippen LogP contribution in [0.4, 0.5) is 18.0 Å². The number of amides is 2. The van der Waals surface area contributed by atoms with Gasteiger partial charge in [-0.15, -0.1) is 0 Å². The zero-order chi connectivity index (χ0) is 10.1. The Bertz CT molecular complexity index is 204. The SMILES string of the molecule is NC(=O)N[C@@H]1CC[C@@H](C(F)(F)F)C1. The average Bonchev–Trinajstić information content (AvgIpc) is 2.32. The van der Waals surface area contributed by atoms with Crippen LogP contribution in [0.3, 0.4) is 0 Å². The molecule has 0 aromatic rings. The first-order valence-corrected chi connectivity index (χ1v) is 4.02. The summed E-state index contributed by atoms with van der Waals surface area (Å²) < 4.78 is 36.4. The van der Waals surface area contributed by atoms with E-state index in [2.05, 4.69) is 5.32 Å². The van der Waals surface area contributed by atoms with Crippen LogP contribution in [-0.4, -0.2) is 18.2 Å². The van der Waals surface area contributed by atoms with Gasteiger partial charge in [-0.3, -0.25) is 0 Å². The van der Waals surface area contributed by atoms with Crippen LogP contribution >= 0.6 is 0 Å². The number of urea groups is 1. The van der Waals surface area contributed by atoms with Crippen molar-refractivity contribution in [2.45, 2.75) is 31.5 Å². The number of hydrogen-bond donors (Lipinski definition) is 2. The molecule has 0 heterocycles. The number of nitrogens with two attached hydrogens (primary N) is 1. The van der Waals surface area contributed by atoms with Crippen LogP contribution < -0.4 is 11.1 Å². The van der Waals surface area contributed by atoms with Crippen molar-refractivity contribution < 1.29 is 18.0 Å². The maximum atomic E-state index is 12.1. The standard InChI is InChI=1S/C7H11F3N2O/c8-7(9,10)4-1-2-5(3-4)12-6(11)13/h4-5H,1-3H2,(H3,11,12,13)/t4-,5-/m1/s1. The van der Waals surface area contributed by atoms with E-state index in [-0.39, 0.29) is 12.8 Å². The van der Waals surface area contributed by atoms with Gasteiger partial charge in [-0.25, -0.2) is 4.79 Å². The average molecular weight is 196 g/mol. The Morgan fingerprint density at radius 3 is 2.38 bits per heavy atom. The van der Waals surface area contributed by atoms with Crippen molar-refractivity contribution in [2.24, 2.45) is 11.7 Å². The minimum absolute atomic E-state index is 0.0492. The molecule has 0 spiro atoms. The van der Waals surface area contributed by atoms with Crippen molar-refractivity contribution in [1.82, 2.24) is 5.32 Å². The second kappa shape index (κ2) is 3.43. The van der Waals surface area contributed by atoms with Crippen LogP contribution in [0.25, 0.3) is 0 Å². The first-order valence-electron chi connectivity index (χ1n) is 4.02. The van der Waals surface area contributed by atoms with E-state index in [4.69, 9.17) is 5.73 Å². The number of primary amides is 1. The van der Waals surface area contributed by atoms with E-state index in [1.807, 2.05) is 0 Å². The molecule has 13 heavy (non-hydrogen) atoms. The normalized spacial score (nSPS) is 28.8. The first kappa shape index (κ1) is 10.1. The summed E-state index contributed by atoms with van der Waals surface area (Å²) >= 11 is 0. The largest absolute Gasteiger partial charge is 0.391 e. The molecular weight excluding hydrogens is 185 g/mol. The third-order valence-corrected chi connectivity index (χ3v) is 2.24. The number of carbonyl (C=O) groups excluding carboxylic acids is 1. The Morgan fingerprint density at radius 2 is 2.00 bits per heavy atom. The van der Waals surface area contributed by atoms with E-state index >= 15 is 0 Å². The van der Waals surface area contributed by atoms with Crippen molar-refractivity contribution >= 4 is 6.03 Å². The number of nitrogens with one attached hydrogen (secondary N) is 1. The van der Waals surface area contributed by atoms with Gasteiger partial charge in [0.2, 0.25) is 0 Å². The fraction of sp³-hybridized carbons (Fsp3) is 0.857. The van der Waals surface area contributed by atoms with Crippen LogP contribution in [0.5, 0.6) is 0 Å². The van der Waals surface area contributed by atoms with Gasteiger partial charge in [0.15, 0.2) is 0 Å². The fourth-order valence-corrected chi connectivity index (χ4v) is 1.61. The Morgan fingerprint density at radius 1 is 1.38 bits per heavy atom. The Kier molecular flexibility index (Phi) is 2.68. The molecule has 3 N–H and O–H groups in total. The molecule has 76 valence electrons. The van der Waals surface area contributed by atoms with E-state index in [1.54, 1.807) is 0 Å². The lowest BCUT2D eigenvalue weighted by Gasteiger charge is -2.14. The highest BCUT2D eigenvalue weighted by Gasteiger charge is 2.44. The maximum absolute atomic E-state index is 12.1. The molecule has 1 aliphatic rings. The van der Waals surface area contributed by atoms with Gasteiger partial charge in [-0.2, -0.15) is 13.2 Å². The van der Waals surface area contributed by atoms with Gasteiger partial charge in [0.05, 0.1) is 5.92 Å². The topological polar surface area (TPSA) is 55.1 Å². The third-order valence-electron chi connectivity index (χ3n) is 2.24. The molecule has 1 aliphatic carbocycles. The van der Waals surface area contributed by atoms with Crippen LogP contribution in [0.2, 0.25) is 0 Å². The van der Waals surface area contributed by atoms with Crippen molar-refractivity contribution in [3.63, 3.8) is 0 Å². The summed E-state index contributed by atoms with van der Waals surface area (Å²) in [7, 11) is 0. The molecule has 0 aliphatic heterocycles. The number of rotatable bonds is 1. The summed E-state index contributed by atoms with van der Waals surface area (Å²) in [5, 5.41) is 2.28. The lowest BCUT2D eigenvalue weighted by molar-refractivity contribution is -0.172. The molecule has 2 amide bonds. The summed E-state index contributed by atoms with van der Waals surface area (Å²) in [6.45, 7) is 0. The minimum Gasteiger partial charge on any atom is -0.352 e. The number of hydrogen-bond acceptors (Lipinski definition) is 1. The highest BCUT2D eigenvalue weighted by molar-refractivity contribution is 5.71. The molecule has 1 saturated carbocycles. The molecule has 0 saturated heterocycles. The van der Waals surface area contributed by atoms with E-state index in [0.29, 0.717) is 6.42 Å². The monoisotopic (exact) mass is 196 g/mol. The summed E-state index contributed by atoms with van der Waals surface area (Å²) in [6, 6.07) is -1.17. The zero-order valence-corrected chi connectivity index (χ0v) is 6.90. The lowest BCUT2D eigenvalue weighted by Crippen LogP contribution is -2.37. The molecule has 2 atom stereocenters. The number of carbonyl (C=O) groups is 1. The molecule has 0 aromatic carbocycles. The van der Waals surface area contributed by atoms with E-state index in [0.717, 1.165) is 0 Å². The first-order chi connectivity index (χ1) is 5.89. The zero-order valence-electron chi connectivity index (χ0n) is 6.90. The van der Waals surface area contributed by atoms with Gasteiger partial charge in [0.1, 0.15) is 0 Å². The van der Waals surface area contributed by atoms with Gasteiger partial charge < -0.3 is 11.1 Å². The molecule has 3 nitrogen and oxygen atoms in total. The summed E-state index contributed by atoms with van der Waals surface area (Å²) in [6.07, 6.45) is -3.76.